The summed E-state index contributed by atoms with van der Waals surface area (Å²) in [7, 11) is -4.29. The first-order valence-corrected chi connectivity index (χ1v) is 5.57. The minimum absolute atomic E-state index is 0.408. The van der Waals surface area contributed by atoms with Gasteiger partial charge in [-0.05, 0) is 0 Å². The fraction of sp³-hybridized carbons (Fsp3) is 0.714. The Balaban J connectivity index is 4.31. The first kappa shape index (κ1) is 13.8. The molecule has 0 aromatic heterocycles. The van der Waals surface area contributed by atoms with Crippen LogP contribution in [0.1, 0.15) is 13.8 Å². The van der Waals surface area contributed by atoms with E-state index in [4.69, 9.17) is 4.55 Å². The van der Waals surface area contributed by atoms with E-state index in [1.54, 1.807) is 0 Å². The van der Waals surface area contributed by atoms with Crippen LogP contribution in [0.5, 0.6) is 0 Å². The first-order valence-electron chi connectivity index (χ1n) is 3.96. The molecular formula is C7H12O7S. The van der Waals surface area contributed by atoms with Gasteiger partial charge in [0.1, 0.15) is 12.4 Å². The lowest BCUT2D eigenvalue weighted by molar-refractivity contribution is -0.154. The topological polar surface area (TPSA) is 107 Å². The largest absolute Gasteiger partial charge is 0.462 e. The van der Waals surface area contributed by atoms with Gasteiger partial charge in [-0.25, -0.2) is 0 Å². The van der Waals surface area contributed by atoms with E-state index in [2.05, 4.69) is 9.47 Å². The highest BCUT2D eigenvalue weighted by Crippen LogP contribution is 1.99. The number of carbonyl (C=O) groups excluding carboxylic acids is 2. The van der Waals surface area contributed by atoms with E-state index in [0.29, 0.717) is 0 Å². The van der Waals surface area contributed by atoms with Gasteiger partial charge in [-0.1, -0.05) is 0 Å². The van der Waals surface area contributed by atoms with Crippen LogP contribution in [-0.4, -0.2) is 43.4 Å². The average molecular weight is 240 g/mol. The average Bonchev–Trinajstić information content (AvgIpc) is 1.95. The number of carbonyl (C=O) groups is 2. The minimum Gasteiger partial charge on any atom is -0.462 e. The zero-order valence-electron chi connectivity index (χ0n) is 8.30. The van der Waals surface area contributed by atoms with Gasteiger partial charge in [-0.3, -0.25) is 14.1 Å². The van der Waals surface area contributed by atoms with Crippen LogP contribution in [0.15, 0.2) is 0 Å². The molecule has 0 aromatic carbocycles. The monoisotopic (exact) mass is 240 g/mol. The third-order valence-corrected chi connectivity index (χ3v) is 1.99. The van der Waals surface area contributed by atoms with Crippen LogP contribution < -0.4 is 0 Å². The van der Waals surface area contributed by atoms with Crippen molar-refractivity contribution in [2.24, 2.45) is 0 Å². The Labute approximate surface area is 87.1 Å². The fourth-order valence-electron chi connectivity index (χ4n) is 0.796. The summed E-state index contributed by atoms with van der Waals surface area (Å²) < 4.78 is 38.5. The second-order valence-electron chi connectivity index (χ2n) is 2.78. The van der Waals surface area contributed by atoms with Gasteiger partial charge in [0, 0.05) is 13.8 Å². The molecule has 1 atom stereocenters. The molecule has 0 aliphatic carbocycles. The van der Waals surface area contributed by atoms with Crippen LogP contribution in [0.3, 0.4) is 0 Å². The summed E-state index contributed by atoms with van der Waals surface area (Å²) in [5.74, 6) is -2.17. The van der Waals surface area contributed by atoms with E-state index in [1.165, 1.54) is 0 Å². The van der Waals surface area contributed by atoms with Gasteiger partial charge in [-0.15, -0.1) is 0 Å². The smallest absolute Gasteiger partial charge is 0.303 e. The summed E-state index contributed by atoms with van der Waals surface area (Å²) >= 11 is 0. The van der Waals surface area contributed by atoms with Crippen molar-refractivity contribution in [2.45, 2.75) is 20.0 Å². The van der Waals surface area contributed by atoms with Crippen molar-refractivity contribution < 1.29 is 32.0 Å². The molecule has 0 radical (unpaired) electrons. The molecule has 0 saturated carbocycles. The normalized spacial score (nSPS) is 13.0. The second-order valence-corrected chi connectivity index (χ2v) is 4.28. The Bertz CT molecular complexity index is 331. The molecule has 0 fully saturated rings. The molecule has 0 heterocycles. The van der Waals surface area contributed by atoms with Gasteiger partial charge in [0.05, 0.1) is 0 Å². The van der Waals surface area contributed by atoms with E-state index in [1.807, 2.05) is 0 Å². The molecule has 1 unspecified atom stereocenters. The maximum absolute atomic E-state index is 10.5. The molecule has 0 aliphatic heterocycles. The Kier molecular flexibility index (Phi) is 5.23. The molecule has 0 aliphatic rings. The van der Waals surface area contributed by atoms with Gasteiger partial charge >= 0.3 is 11.9 Å². The van der Waals surface area contributed by atoms with E-state index in [9.17, 15) is 18.0 Å². The van der Waals surface area contributed by atoms with Crippen molar-refractivity contribution in [3.8, 4) is 0 Å². The molecule has 0 rings (SSSR count). The van der Waals surface area contributed by atoms with Crippen LogP contribution in [0.4, 0.5) is 0 Å². The van der Waals surface area contributed by atoms with Crippen LogP contribution in [0.2, 0.25) is 0 Å². The number of hydrogen-bond acceptors (Lipinski definition) is 6. The zero-order chi connectivity index (χ0) is 12.1. The molecule has 0 aromatic rings. The summed E-state index contributed by atoms with van der Waals surface area (Å²) in [6.07, 6.45) is -1.19. The Morgan fingerprint density at radius 2 is 1.80 bits per heavy atom. The first-order chi connectivity index (χ1) is 6.70. The molecular weight excluding hydrogens is 228 g/mol. The van der Waals surface area contributed by atoms with Crippen LogP contribution in [-0.2, 0) is 29.2 Å². The predicted octanol–water partition coefficient (Wildman–Crippen LogP) is -0.631. The standard InChI is InChI=1S/C7H12O7S/c1-5(8)13-3-7(14-6(2)9)4-15(10,11)12/h7H,3-4H2,1-2H3,(H,10,11,12). The van der Waals surface area contributed by atoms with Crippen LogP contribution in [0.25, 0.3) is 0 Å². The number of rotatable bonds is 5. The van der Waals surface area contributed by atoms with Crippen molar-refractivity contribution in [3.05, 3.63) is 0 Å². The molecule has 7 nitrogen and oxygen atoms in total. The van der Waals surface area contributed by atoms with E-state index in [0.717, 1.165) is 13.8 Å². The lowest BCUT2D eigenvalue weighted by atomic mass is 10.4. The predicted molar refractivity (Wildman–Crippen MR) is 48.6 cm³/mol. The van der Waals surface area contributed by atoms with Crippen molar-refractivity contribution in [1.29, 1.82) is 0 Å². The summed E-state index contributed by atoms with van der Waals surface area (Å²) in [6.45, 7) is 1.79. The summed E-state index contributed by atoms with van der Waals surface area (Å²) in [4.78, 5) is 21.0. The minimum atomic E-state index is -4.29. The molecule has 0 saturated heterocycles. The van der Waals surface area contributed by atoms with Gasteiger partial charge < -0.3 is 9.47 Å². The van der Waals surface area contributed by atoms with Crippen molar-refractivity contribution >= 4 is 22.1 Å². The van der Waals surface area contributed by atoms with E-state index in [-0.39, 0.29) is 0 Å². The van der Waals surface area contributed by atoms with Gasteiger partial charge in [0.15, 0.2) is 6.10 Å². The Morgan fingerprint density at radius 1 is 1.27 bits per heavy atom. The summed E-state index contributed by atoms with van der Waals surface area (Å²) in [5.41, 5.74) is 0. The molecule has 0 spiro atoms. The van der Waals surface area contributed by atoms with Crippen molar-refractivity contribution in [3.63, 3.8) is 0 Å². The number of esters is 2. The SMILES string of the molecule is CC(=O)OCC(CS(=O)(=O)O)OC(C)=O. The zero-order valence-corrected chi connectivity index (χ0v) is 9.11. The van der Waals surface area contributed by atoms with Crippen molar-refractivity contribution in [2.75, 3.05) is 12.4 Å². The fourth-order valence-corrected chi connectivity index (χ4v) is 1.43. The third kappa shape index (κ3) is 9.16. The van der Waals surface area contributed by atoms with Gasteiger partial charge in [0.2, 0.25) is 0 Å². The van der Waals surface area contributed by atoms with Gasteiger partial charge in [-0.2, -0.15) is 8.42 Å². The number of ether oxygens (including phenoxy) is 2. The maximum Gasteiger partial charge on any atom is 0.303 e. The molecule has 15 heavy (non-hydrogen) atoms. The summed E-state index contributed by atoms with van der Waals surface area (Å²) in [6, 6.07) is 0. The van der Waals surface area contributed by atoms with E-state index >= 15 is 0 Å². The lowest BCUT2D eigenvalue weighted by Crippen LogP contribution is -2.30. The molecule has 88 valence electrons. The summed E-state index contributed by atoms with van der Waals surface area (Å²) in [5, 5.41) is 0. The molecule has 0 amide bonds. The molecule has 8 heteroatoms. The molecule has 0 bridgehead atoms. The highest BCUT2D eigenvalue weighted by Gasteiger charge is 2.20. The number of hydrogen-bond donors (Lipinski definition) is 1. The highest BCUT2D eigenvalue weighted by atomic mass is 32.2. The van der Waals surface area contributed by atoms with Crippen LogP contribution in [0, 0.1) is 0 Å². The Morgan fingerprint density at radius 3 is 2.13 bits per heavy atom. The van der Waals surface area contributed by atoms with E-state index < -0.39 is 40.5 Å². The Hall–Kier alpha value is -1.15. The highest BCUT2D eigenvalue weighted by molar-refractivity contribution is 7.85. The molecule has 1 N–H and O–H groups in total. The third-order valence-electron chi connectivity index (χ3n) is 1.20. The van der Waals surface area contributed by atoms with Gasteiger partial charge in [0.25, 0.3) is 10.1 Å². The van der Waals surface area contributed by atoms with Crippen molar-refractivity contribution in [1.82, 2.24) is 0 Å². The maximum atomic E-state index is 10.5. The quantitative estimate of drug-likeness (QED) is 0.503. The van der Waals surface area contributed by atoms with Crippen LogP contribution >= 0.6 is 0 Å². The lowest BCUT2D eigenvalue weighted by Gasteiger charge is -2.14. The second kappa shape index (κ2) is 5.66.